The Morgan fingerprint density at radius 2 is 2.05 bits per heavy atom. The van der Waals surface area contributed by atoms with Crippen LogP contribution in [0, 0.1) is 11.6 Å². The Balaban J connectivity index is 2.24. The molecule has 1 aromatic heterocycles. The molecule has 0 saturated heterocycles. The maximum atomic E-state index is 13.7. The fraction of sp³-hybridized carbons (Fsp3) is 0.214. The molecule has 2 rings (SSSR count). The quantitative estimate of drug-likeness (QED) is 0.928. The predicted octanol–water partition coefficient (Wildman–Crippen LogP) is 3.52. The third-order valence-electron chi connectivity index (χ3n) is 2.89. The first-order chi connectivity index (χ1) is 9.11. The lowest BCUT2D eigenvalue weighted by Crippen LogP contribution is -2.21. The summed E-state index contributed by atoms with van der Waals surface area (Å²) in [7, 11) is 1.73. The molecule has 19 heavy (non-hydrogen) atoms. The SMILES string of the molecule is CNC(Cc1ccc(F)c(Cl)c1)c1ncccc1F. The number of likely N-dealkylation sites (N-methyl/N-ethyl adjacent to an activating group) is 1. The van der Waals surface area contributed by atoms with Gasteiger partial charge in [0.25, 0.3) is 0 Å². The second kappa shape index (κ2) is 6.08. The average Bonchev–Trinajstić information content (AvgIpc) is 2.41. The average molecular weight is 283 g/mol. The van der Waals surface area contributed by atoms with Gasteiger partial charge in [0.15, 0.2) is 0 Å². The molecule has 0 radical (unpaired) electrons. The van der Waals surface area contributed by atoms with E-state index in [-0.39, 0.29) is 16.9 Å². The summed E-state index contributed by atoms with van der Waals surface area (Å²) in [4.78, 5) is 4.04. The van der Waals surface area contributed by atoms with E-state index in [2.05, 4.69) is 10.3 Å². The van der Waals surface area contributed by atoms with Gasteiger partial charge in [-0.05, 0) is 43.3 Å². The Morgan fingerprint density at radius 3 is 2.68 bits per heavy atom. The first-order valence-corrected chi connectivity index (χ1v) is 6.21. The predicted molar refractivity (Wildman–Crippen MR) is 71.1 cm³/mol. The Labute approximate surface area is 115 Å². The maximum Gasteiger partial charge on any atom is 0.146 e. The molecule has 0 fully saturated rings. The lowest BCUT2D eigenvalue weighted by Gasteiger charge is -2.16. The fourth-order valence-corrected chi connectivity index (χ4v) is 2.10. The van der Waals surface area contributed by atoms with Crippen LogP contribution in [0.15, 0.2) is 36.5 Å². The third kappa shape index (κ3) is 3.28. The van der Waals surface area contributed by atoms with E-state index < -0.39 is 5.82 Å². The highest BCUT2D eigenvalue weighted by Crippen LogP contribution is 2.22. The van der Waals surface area contributed by atoms with E-state index in [4.69, 9.17) is 11.6 Å². The van der Waals surface area contributed by atoms with Gasteiger partial charge >= 0.3 is 0 Å². The van der Waals surface area contributed by atoms with Gasteiger partial charge in [0, 0.05) is 6.20 Å². The van der Waals surface area contributed by atoms with Gasteiger partial charge in [0.05, 0.1) is 16.8 Å². The summed E-state index contributed by atoms with van der Waals surface area (Å²) in [5, 5.41) is 3.07. The fourth-order valence-electron chi connectivity index (χ4n) is 1.89. The molecular weight excluding hydrogens is 270 g/mol. The van der Waals surface area contributed by atoms with Crippen LogP contribution in [0.25, 0.3) is 0 Å². The van der Waals surface area contributed by atoms with Crippen molar-refractivity contribution in [3.63, 3.8) is 0 Å². The molecule has 2 aromatic rings. The van der Waals surface area contributed by atoms with Crippen LogP contribution in [0.2, 0.25) is 5.02 Å². The van der Waals surface area contributed by atoms with Crippen LogP contribution < -0.4 is 5.32 Å². The van der Waals surface area contributed by atoms with Crippen molar-refractivity contribution in [2.45, 2.75) is 12.5 Å². The molecule has 1 unspecified atom stereocenters. The number of nitrogens with one attached hydrogen (secondary N) is 1. The van der Waals surface area contributed by atoms with Crippen LogP contribution in [0.5, 0.6) is 0 Å². The van der Waals surface area contributed by atoms with Crippen LogP contribution in [0.3, 0.4) is 0 Å². The summed E-state index contributed by atoms with van der Waals surface area (Å²) in [6.45, 7) is 0. The molecule has 1 N–H and O–H groups in total. The third-order valence-corrected chi connectivity index (χ3v) is 3.18. The van der Waals surface area contributed by atoms with Crippen LogP contribution in [0.4, 0.5) is 8.78 Å². The zero-order valence-corrected chi connectivity index (χ0v) is 11.1. The van der Waals surface area contributed by atoms with Gasteiger partial charge in [-0.15, -0.1) is 0 Å². The molecule has 1 atom stereocenters. The molecule has 0 aliphatic heterocycles. The Morgan fingerprint density at radius 1 is 1.26 bits per heavy atom. The molecule has 100 valence electrons. The zero-order chi connectivity index (χ0) is 13.8. The van der Waals surface area contributed by atoms with Gasteiger partial charge < -0.3 is 5.32 Å². The van der Waals surface area contributed by atoms with Gasteiger partial charge in [0.1, 0.15) is 11.6 Å². The van der Waals surface area contributed by atoms with Crippen molar-refractivity contribution in [3.8, 4) is 0 Å². The smallest absolute Gasteiger partial charge is 0.146 e. The molecule has 0 bridgehead atoms. The van der Waals surface area contributed by atoms with E-state index in [1.807, 2.05) is 0 Å². The van der Waals surface area contributed by atoms with Crippen LogP contribution in [0.1, 0.15) is 17.3 Å². The Kier molecular flexibility index (Phi) is 4.45. The molecular formula is C14H13ClF2N2. The second-order valence-electron chi connectivity index (χ2n) is 4.16. The van der Waals surface area contributed by atoms with E-state index in [0.29, 0.717) is 12.1 Å². The van der Waals surface area contributed by atoms with E-state index in [1.54, 1.807) is 31.4 Å². The Hall–Kier alpha value is -1.52. The number of aromatic nitrogens is 1. The van der Waals surface area contributed by atoms with Gasteiger partial charge in [0.2, 0.25) is 0 Å². The molecule has 1 aromatic carbocycles. The highest BCUT2D eigenvalue weighted by Gasteiger charge is 2.16. The second-order valence-corrected chi connectivity index (χ2v) is 4.57. The summed E-state index contributed by atoms with van der Waals surface area (Å²) in [6.07, 6.45) is 2.02. The number of rotatable bonds is 4. The molecule has 0 spiro atoms. The molecule has 0 aliphatic rings. The van der Waals surface area contributed by atoms with Gasteiger partial charge in [-0.25, -0.2) is 8.78 Å². The number of benzene rings is 1. The first-order valence-electron chi connectivity index (χ1n) is 5.83. The van der Waals surface area contributed by atoms with Crippen molar-refractivity contribution in [2.24, 2.45) is 0 Å². The van der Waals surface area contributed by atoms with Crippen LogP contribution >= 0.6 is 11.6 Å². The lowest BCUT2D eigenvalue weighted by molar-refractivity contribution is 0.516. The highest BCUT2D eigenvalue weighted by atomic mass is 35.5. The number of halogens is 3. The molecule has 5 heteroatoms. The summed E-state index contributed by atoms with van der Waals surface area (Å²) in [6, 6.07) is 7.10. The molecule has 1 heterocycles. The van der Waals surface area contributed by atoms with E-state index in [0.717, 1.165) is 5.56 Å². The van der Waals surface area contributed by atoms with Crippen molar-refractivity contribution in [2.75, 3.05) is 7.05 Å². The van der Waals surface area contributed by atoms with Crippen molar-refractivity contribution >= 4 is 11.6 Å². The van der Waals surface area contributed by atoms with Gasteiger partial charge in [-0.3, -0.25) is 4.98 Å². The molecule has 0 amide bonds. The molecule has 2 nitrogen and oxygen atoms in total. The summed E-state index contributed by atoms with van der Waals surface area (Å²) in [5.41, 5.74) is 1.15. The minimum absolute atomic E-state index is 0.0637. The minimum atomic E-state index is -0.463. The van der Waals surface area contributed by atoms with Crippen LogP contribution in [-0.4, -0.2) is 12.0 Å². The van der Waals surface area contributed by atoms with E-state index in [9.17, 15) is 8.78 Å². The van der Waals surface area contributed by atoms with E-state index in [1.165, 1.54) is 12.1 Å². The Bertz CT molecular complexity index is 575. The van der Waals surface area contributed by atoms with Crippen molar-refractivity contribution in [1.29, 1.82) is 0 Å². The standard InChI is InChI=1S/C14H13ClF2N2/c1-18-13(14-12(17)3-2-6-19-14)8-9-4-5-11(16)10(15)7-9/h2-7,13,18H,8H2,1H3. The van der Waals surface area contributed by atoms with Crippen molar-refractivity contribution in [3.05, 3.63) is 64.4 Å². The number of nitrogens with zero attached hydrogens (tertiary/aromatic N) is 1. The topological polar surface area (TPSA) is 24.9 Å². The highest BCUT2D eigenvalue weighted by molar-refractivity contribution is 6.30. The lowest BCUT2D eigenvalue weighted by atomic mass is 10.0. The maximum absolute atomic E-state index is 13.7. The normalized spacial score (nSPS) is 12.4. The molecule has 0 aliphatic carbocycles. The van der Waals surface area contributed by atoms with Gasteiger partial charge in [-0.1, -0.05) is 17.7 Å². The summed E-state index contributed by atoms with van der Waals surface area (Å²) >= 11 is 5.73. The number of hydrogen-bond donors (Lipinski definition) is 1. The monoisotopic (exact) mass is 282 g/mol. The summed E-state index contributed by atoms with van der Waals surface area (Å²) < 4.78 is 26.8. The summed E-state index contributed by atoms with van der Waals surface area (Å²) in [5.74, 6) is -0.828. The number of hydrogen-bond acceptors (Lipinski definition) is 2. The van der Waals surface area contributed by atoms with E-state index >= 15 is 0 Å². The largest absolute Gasteiger partial charge is 0.311 e. The number of pyridine rings is 1. The minimum Gasteiger partial charge on any atom is -0.311 e. The van der Waals surface area contributed by atoms with Gasteiger partial charge in [-0.2, -0.15) is 0 Å². The van der Waals surface area contributed by atoms with Crippen molar-refractivity contribution in [1.82, 2.24) is 10.3 Å². The molecule has 0 saturated carbocycles. The first kappa shape index (κ1) is 13.9. The zero-order valence-electron chi connectivity index (χ0n) is 10.3. The van der Waals surface area contributed by atoms with Crippen molar-refractivity contribution < 1.29 is 8.78 Å². The van der Waals surface area contributed by atoms with Crippen LogP contribution in [-0.2, 0) is 6.42 Å².